The smallest absolute Gasteiger partial charge is 0.336 e. The van der Waals surface area contributed by atoms with Crippen LogP contribution in [0.1, 0.15) is 12.5 Å². The van der Waals surface area contributed by atoms with Crippen LogP contribution in [0.4, 0.5) is 0 Å². The molecule has 0 spiro atoms. The summed E-state index contributed by atoms with van der Waals surface area (Å²) in [6.45, 7) is 5.84. The summed E-state index contributed by atoms with van der Waals surface area (Å²) < 4.78 is 16.2. The van der Waals surface area contributed by atoms with Gasteiger partial charge >= 0.3 is 5.63 Å². The molecule has 122 valence electrons. The zero-order chi connectivity index (χ0) is 16.4. The fraction of sp³-hybridized carbons (Fsp3) is 0.412. The van der Waals surface area contributed by atoms with Crippen LogP contribution in [0.5, 0.6) is 5.75 Å². The van der Waals surface area contributed by atoms with Crippen molar-refractivity contribution in [3.63, 3.8) is 0 Å². The van der Waals surface area contributed by atoms with Crippen LogP contribution in [0.25, 0.3) is 11.0 Å². The van der Waals surface area contributed by atoms with Crippen molar-refractivity contribution in [3.05, 3.63) is 40.2 Å². The lowest BCUT2D eigenvalue weighted by Crippen LogP contribution is -2.46. The molecule has 1 amide bonds. The Morgan fingerprint density at radius 3 is 2.74 bits per heavy atom. The maximum absolute atomic E-state index is 12.3. The number of hydrogen-bond acceptors (Lipinski definition) is 5. The van der Waals surface area contributed by atoms with E-state index in [-0.39, 0.29) is 5.91 Å². The van der Waals surface area contributed by atoms with E-state index in [4.69, 9.17) is 13.9 Å². The molecule has 1 aromatic heterocycles. The highest BCUT2D eigenvalue weighted by molar-refractivity contribution is 5.82. The van der Waals surface area contributed by atoms with Gasteiger partial charge in [0.25, 0.3) is 5.91 Å². The number of ether oxygens (including phenoxy) is 2. The number of amides is 1. The van der Waals surface area contributed by atoms with E-state index in [9.17, 15) is 9.59 Å². The molecular weight excluding hydrogens is 298 g/mol. The molecule has 1 saturated heterocycles. The van der Waals surface area contributed by atoms with E-state index in [2.05, 4.69) is 0 Å². The normalized spacial score (nSPS) is 16.3. The molecule has 23 heavy (non-hydrogen) atoms. The van der Waals surface area contributed by atoms with Gasteiger partial charge in [0.2, 0.25) is 0 Å². The lowest BCUT2D eigenvalue weighted by molar-refractivity contribution is -0.142. The largest absolute Gasteiger partial charge is 0.481 e. The highest BCUT2D eigenvalue weighted by atomic mass is 16.5. The molecule has 0 saturated carbocycles. The van der Waals surface area contributed by atoms with Gasteiger partial charge < -0.3 is 18.8 Å². The molecule has 2 heterocycles. The minimum absolute atomic E-state index is 0.0703. The summed E-state index contributed by atoms with van der Waals surface area (Å²) in [5.41, 5.74) is 0.906. The summed E-state index contributed by atoms with van der Waals surface area (Å²) in [5.74, 6) is 0.430. The molecule has 3 rings (SSSR count). The zero-order valence-corrected chi connectivity index (χ0v) is 13.2. The van der Waals surface area contributed by atoms with E-state index in [0.29, 0.717) is 37.6 Å². The van der Waals surface area contributed by atoms with Crippen molar-refractivity contribution in [1.82, 2.24) is 4.90 Å². The number of rotatable bonds is 3. The van der Waals surface area contributed by atoms with Gasteiger partial charge in [-0.2, -0.15) is 0 Å². The molecule has 1 aromatic carbocycles. The number of benzene rings is 1. The van der Waals surface area contributed by atoms with Crippen molar-refractivity contribution in [2.24, 2.45) is 0 Å². The Morgan fingerprint density at radius 2 is 2.00 bits per heavy atom. The molecular formula is C17H19NO5. The average molecular weight is 317 g/mol. The molecule has 0 N–H and O–H groups in total. The lowest BCUT2D eigenvalue weighted by Gasteiger charge is -2.29. The van der Waals surface area contributed by atoms with Gasteiger partial charge in [-0.05, 0) is 31.5 Å². The summed E-state index contributed by atoms with van der Waals surface area (Å²) in [6.07, 6.45) is -0.609. The third-order valence-electron chi connectivity index (χ3n) is 3.91. The van der Waals surface area contributed by atoms with Crippen molar-refractivity contribution in [3.8, 4) is 5.75 Å². The van der Waals surface area contributed by atoms with Gasteiger partial charge in [-0.3, -0.25) is 4.79 Å². The Bertz CT molecular complexity index is 776. The fourth-order valence-corrected chi connectivity index (χ4v) is 2.67. The Kier molecular flexibility index (Phi) is 4.34. The van der Waals surface area contributed by atoms with Gasteiger partial charge in [-0.25, -0.2) is 4.79 Å². The lowest BCUT2D eigenvalue weighted by atomic mass is 10.1. The second kappa shape index (κ2) is 6.42. The summed E-state index contributed by atoms with van der Waals surface area (Å²) in [6, 6.07) is 6.70. The fourth-order valence-electron chi connectivity index (χ4n) is 2.67. The maximum Gasteiger partial charge on any atom is 0.336 e. The topological polar surface area (TPSA) is 69.0 Å². The first-order valence-electron chi connectivity index (χ1n) is 7.62. The number of carbonyl (C=O) groups excluding carboxylic acids is 1. The molecule has 6 nitrogen and oxygen atoms in total. The third kappa shape index (κ3) is 3.37. The van der Waals surface area contributed by atoms with E-state index in [1.165, 1.54) is 6.07 Å². The van der Waals surface area contributed by atoms with Crippen molar-refractivity contribution in [2.45, 2.75) is 20.0 Å². The molecule has 1 fully saturated rings. The van der Waals surface area contributed by atoms with Crippen LogP contribution in [-0.2, 0) is 9.53 Å². The quantitative estimate of drug-likeness (QED) is 0.806. The summed E-state index contributed by atoms with van der Waals surface area (Å²) in [4.78, 5) is 25.6. The third-order valence-corrected chi connectivity index (χ3v) is 3.91. The Hall–Kier alpha value is -2.34. The number of morpholine rings is 1. The predicted molar refractivity (Wildman–Crippen MR) is 84.7 cm³/mol. The van der Waals surface area contributed by atoms with Crippen molar-refractivity contribution in [1.29, 1.82) is 0 Å². The van der Waals surface area contributed by atoms with Gasteiger partial charge in [0, 0.05) is 30.6 Å². The molecule has 2 aromatic rings. The molecule has 0 aliphatic carbocycles. The van der Waals surface area contributed by atoms with Crippen LogP contribution < -0.4 is 10.4 Å². The van der Waals surface area contributed by atoms with Crippen LogP contribution in [-0.4, -0.2) is 43.2 Å². The summed E-state index contributed by atoms with van der Waals surface area (Å²) in [7, 11) is 0. The van der Waals surface area contributed by atoms with Crippen LogP contribution in [0, 0.1) is 6.92 Å². The zero-order valence-electron chi connectivity index (χ0n) is 13.2. The van der Waals surface area contributed by atoms with E-state index >= 15 is 0 Å². The number of nitrogens with zero attached hydrogens (tertiary/aromatic N) is 1. The van der Waals surface area contributed by atoms with E-state index < -0.39 is 11.7 Å². The molecule has 0 radical (unpaired) electrons. The number of carbonyl (C=O) groups is 1. The van der Waals surface area contributed by atoms with Crippen molar-refractivity contribution in [2.75, 3.05) is 26.3 Å². The molecule has 6 heteroatoms. The monoisotopic (exact) mass is 317 g/mol. The minimum Gasteiger partial charge on any atom is -0.481 e. The van der Waals surface area contributed by atoms with Gasteiger partial charge in [0.05, 0.1) is 13.2 Å². The van der Waals surface area contributed by atoms with Gasteiger partial charge in [0.1, 0.15) is 11.3 Å². The number of hydrogen-bond donors (Lipinski definition) is 0. The summed E-state index contributed by atoms with van der Waals surface area (Å²) >= 11 is 0. The molecule has 1 atom stereocenters. The second-order valence-electron chi connectivity index (χ2n) is 5.60. The van der Waals surface area contributed by atoms with E-state index in [0.717, 1.165) is 10.9 Å². The number of fused-ring (bicyclic) bond motifs is 1. The predicted octanol–water partition coefficient (Wildman–Crippen LogP) is 1.73. The standard InChI is InChI=1S/C17H19NO5/c1-11-9-16(19)23-15-10-13(3-4-14(11)15)22-12(2)17(20)18-5-7-21-8-6-18/h3-4,9-10,12H,5-8H2,1-2H3/t12-/m1/s1. The van der Waals surface area contributed by atoms with Crippen LogP contribution in [0.3, 0.4) is 0 Å². The first kappa shape index (κ1) is 15.6. The van der Waals surface area contributed by atoms with Crippen LogP contribution in [0.2, 0.25) is 0 Å². The SMILES string of the molecule is Cc1cc(=O)oc2cc(O[C@H](C)C(=O)N3CCOCC3)ccc12. The van der Waals surface area contributed by atoms with Gasteiger partial charge in [-0.15, -0.1) is 0 Å². The molecule has 1 aliphatic rings. The van der Waals surface area contributed by atoms with Crippen molar-refractivity contribution >= 4 is 16.9 Å². The molecule has 0 bridgehead atoms. The van der Waals surface area contributed by atoms with Gasteiger partial charge in [0.15, 0.2) is 6.10 Å². The van der Waals surface area contributed by atoms with E-state index in [1.807, 2.05) is 13.0 Å². The highest BCUT2D eigenvalue weighted by Gasteiger charge is 2.23. The Morgan fingerprint density at radius 1 is 1.26 bits per heavy atom. The first-order chi connectivity index (χ1) is 11.0. The van der Waals surface area contributed by atoms with Crippen molar-refractivity contribution < 1.29 is 18.7 Å². The number of aryl methyl sites for hydroxylation is 1. The first-order valence-corrected chi connectivity index (χ1v) is 7.62. The molecule has 1 aliphatic heterocycles. The Labute approximate surface area is 133 Å². The Balaban J connectivity index is 1.78. The van der Waals surface area contributed by atoms with Crippen LogP contribution >= 0.6 is 0 Å². The summed E-state index contributed by atoms with van der Waals surface area (Å²) in [5, 5.41) is 0.851. The van der Waals surface area contributed by atoms with E-state index in [1.54, 1.807) is 24.0 Å². The van der Waals surface area contributed by atoms with Crippen LogP contribution in [0.15, 0.2) is 33.5 Å². The second-order valence-corrected chi connectivity index (χ2v) is 5.60. The molecule has 0 unspecified atom stereocenters. The van der Waals surface area contributed by atoms with Gasteiger partial charge in [-0.1, -0.05) is 0 Å². The average Bonchev–Trinajstić information content (AvgIpc) is 2.54. The maximum atomic E-state index is 12.3. The minimum atomic E-state index is -0.609. The highest BCUT2D eigenvalue weighted by Crippen LogP contribution is 2.23.